The minimum absolute atomic E-state index is 0.386. The van der Waals surface area contributed by atoms with Gasteiger partial charge in [-0.05, 0) is 62.4 Å². The number of hydrogen-bond donors (Lipinski definition) is 0. The average Bonchev–Trinajstić information content (AvgIpc) is 3.09. The first kappa shape index (κ1) is 15.1. The van der Waals surface area contributed by atoms with Gasteiger partial charge in [0, 0.05) is 29.0 Å². The van der Waals surface area contributed by atoms with E-state index in [1.165, 1.54) is 24.3 Å². The molecule has 0 saturated carbocycles. The van der Waals surface area contributed by atoms with Gasteiger partial charge in [-0.3, -0.25) is 0 Å². The molecule has 4 rings (SSSR count). The van der Waals surface area contributed by atoms with E-state index in [-0.39, 0.29) is 5.82 Å². The number of nitrogens with zero attached hydrogens (tertiary/aromatic N) is 2. The molecule has 0 aliphatic carbocycles. The quantitative estimate of drug-likeness (QED) is 0.691. The summed E-state index contributed by atoms with van der Waals surface area (Å²) < 4.78 is 46.2. The molecule has 0 saturated heterocycles. The van der Waals surface area contributed by atoms with E-state index in [4.69, 9.17) is 0 Å². The van der Waals surface area contributed by atoms with Crippen LogP contribution < -0.4 is 0 Å². The Bertz CT molecular complexity index is 963. The number of aryl methyl sites for hydroxylation is 2. The van der Waals surface area contributed by atoms with Crippen molar-refractivity contribution in [2.24, 2.45) is 0 Å². The molecular weight excluding hydrogens is 312 g/mol. The lowest BCUT2D eigenvalue weighted by Crippen LogP contribution is -2.51. The molecule has 24 heavy (non-hydrogen) atoms. The molecule has 122 valence electrons. The van der Waals surface area contributed by atoms with Gasteiger partial charge in [0.1, 0.15) is 5.82 Å². The lowest BCUT2D eigenvalue weighted by Gasteiger charge is -2.32. The highest BCUT2D eigenvalue weighted by atomic mass is 19.2. The lowest BCUT2D eigenvalue weighted by atomic mass is 9.87. The summed E-state index contributed by atoms with van der Waals surface area (Å²) in [7, 11) is 0. The third-order valence-electron chi connectivity index (χ3n) is 4.84. The van der Waals surface area contributed by atoms with Crippen molar-refractivity contribution in [3.8, 4) is 0 Å². The number of rotatable bonds is 1. The molecule has 0 amide bonds. The second-order valence-corrected chi connectivity index (χ2v) is 6.38. The summed E-state index contributed by atoms with van der Waals surface area (Å²) in [6, 6.07) is 7.43. The number of allylic oxidation sites excluding steroid dienone is 3. The third-order valence-corrected chi connectivity index (χ3v) is 4.84. The lowest BCUT2D eigenvalue weighted by molar-refractivity contribution is -0.361. The van der Waals surface area contributed by atoms with Crippen molar-refractivity contribution < 1.29 is 17.5 Å². The third kappa shape index (κ3) is 1.82. The Morgan fingerprint density at radius 2 is 1.67 bits per heavy atom. The van der Waals surface area contributed by atoms with E-state index in [9.17, 15) is 4.39 Å². The van der Waals surface area contributed by atoms with Crippen molar-refractivity contribution in [2.75, 3.05) is 0 Å². The molecule has 2 aliphatic heterocycles. The summed E-state index contributed by atoms with van der Waals surface area (Å²) in [5, 5.41) is 0. The second-order valence-electron chi connectivity index (χ2n) is 6.38. The summed E-state index contributed by atoms with van der Waals surface area (Å²) in [6.07, 6.45) is 3.40. The van der Waals surface area contributed by atoms with Gasteiger partial charge in [0.25, 0.3) is 0 Å². The molecule has 3 heterocycles. The van der Waals surface area contributed by atoms with Gasteiger partial charge >= 0.3 is 6.97 Å². The van der Waals surface area contributed by atoms with Gasteiger partial charge in [0.2, 0.25) is 0 Å². The van der Waals surface area contributed by atoms with Crippen LogP contribution in [0.4, 0.5) is 13.0 Å². The van der Waals surface area contributed by atoms with E-state index in [0.29, 0.717) is 28.4 Å². The maximum Gasteiger partial charge on any atom is 0.737 e. The van der Waals surface area contributed by atoms with Crippen LogP contribution in [0, 0.1) is 19.7 Å². The molecular formula is C18H16BF3N2. The molecule has 2 nitrogen and oxygen atoms in total. The highest BCUT2D eigenvalue weighted by molar-refractivity contribution is 6.58. The number of fused-ring (bicyclic) bond motifs is 2. The molecule has 0 spiro atoms. The minimum Gasteiger partial charge on any atom is -0.394 e. The van der Waals surface area contributed by atoms with Crippen molar-refractivity contribution >= 4 is 18.3 Å². The summed E-state index contributed by atoms with van der Waals surface area (Å²) in [5.41, 5.74) is 4.27. The second kappa shape index (κ2) is 4.75. The molecule has 1 aromatic carbocycles. The van der Waals surface area contributed by atoms with Crippen LogP contribution in [0.5, 0.6) is 0 Å². The number of aromatic nitrogens is 1. The van der Waals surface area contributed by atoms with Crippen molar-refractivity contribution in [1.82, 2.24) is 4.48 Å². The Morgan fingerprint density at radius 3 is 2.33 bits per heavy atom. The van der Waals surface area contributed by atoms with Gasteiger partial charge in [0.15, 0.2) is 11.4 Å². The van der Waals surface area contributed by atoms with E-state index in [1.54, 1.807) is 25.1 Å². The first-order valence-electron chi connectivity index (χ1n) is 7.85. The predicted octanol–water partition coefficient (Wildman–Crippen LogP) is 4.28. The molecule has 0 radical (unpaired) electrons. The zero-order valence-corrected chi connectivity index (χ0v) is 13.6. The Morgan fingerprint density at radius 1 is 1.00 bits per heavy atom. The van der Waals surface area contributed by atoms with Gasteiger partial charge in [-0.15, -0.1) is 0 Å². The number of hydrogen-bond acceptors (Lipinski definition) is 0. The number of benzene rings is 1. The highest BCUT2D eigenvalue weighted by Gasteiger charge is 2.53. The van der Waals surface area contributed by atoms with Gasteiger partial charge in [0.05, 0.1) is 0 Å². The maximum absolute atomic E-state index is 15.4. The Hall–Kier alpha value is -2.50. The average molecular weight is 328 g/mol. The Balaban J connectivity index is 2.04. The van der Waals surface area contributed by atoms with Gasteiger partial charge in [-0.2, -0.15) is 0 Å². The van der Waals surface area contributed by atoms with E-state index < -0.39 is 6.97 Å². The highest BCUT2D eigenvalue weighted by Crippen LogP contribution is 2.39. The van der Waals surface area contributed by atoms with Crippen LogP contribution in [0.3, 0.4) is 0 Å². The summed E-state index contributed by atoms with van der Waals surface area (Å²) in [5.74, 6) is -0.386. The maximum atomic E-state index is 15.4. The summed E-state index contributed by atoms with van der Waals surface area (Å²) >= 11 is 0. The van der Waals surface area contributed by atoms with Crippen molar-refractivity contribution in [3.63, 3.8) is 0 Å². The van der Waals surface area contributed by atoms with Gasteiger partial charge < -0.3 is 17.6 Å². The number of halogens is 3. The van der Waals surface area contributed by atoms with Crippen molar-refractivity contribution in [2.45, 2.75) is 20.8 Å². The normalized spacial score (nSPS) is 18.2. The van der Waals surface area contributed by atoms with E-state index in [2.05, 4.69) is 0 Å². The molecule has 0 bridgehead atoms. The van der Waals surface area contributed by atoms with Crippen LogP contribution in [0.25, 0.3) is 5.57 Å². The van der Waals surface area contributed by atoms with Crippen LogP contribution >= 0.6 is 0 Å². The molecule has 0 fully saturated rings. The van der Waals surface area contributed by atoms with Crippen LogP contribution in [-0.2, 0) is 0 Å². The van der Waals surface area contributed by atoms with E-state index in [1.807, 2.05) is 13.8 Å². The van der Waals surface area contributed by atoms with E-state index in [0.717, 1.165) is 20.1 Å². The molecule has 2 aromatic rings. The van der Waals surface area contributed by atoms with Crippen LogP contribution in [-0.4, -0.2) is 21.6 Å². The fourth-order valence-corrected chi connectivity index (χ4v) is 3.88. The van der Waals surface area contributed by atoms with Gasteiger partial charge in [-0.25, -0.2) is 4.39 Å². The smallest absolute Gasteiger partial charge is 0.394 e. The standard InChI is InChI=1S/C18H16BF3N2/c1-11-10-12(2)23-18(11)13(3)16-8-9-17(24(16)19(23,21)22)14-4-6-15(20)7-5-14/h4-10H,1-3H3. The molecule has 1 aromatic heterocycles. The first-order chi connectivity index (χ1) is 11.3. The fraction of sp³-hybridized carbons (Fsp3) is 0.167. The predicted molar refractivity (Wildman–Crippen MR) is 89.8 cm³/mol. The zero-order chi connectivity index (χ0) is 17.2. The summed E-state index contributed by atoms with van der Waals surface area (Å²) in [6.45, 7) is 1.41. The van der Waals surface area contributed by atoms with Gasteiger partial charge in [-0.1, -0.05) is 0 Å². The molecule has 0 N–H and O–H groups in total. The molecule has 0 unspecified atom stereocenters. The minimum atomic E-state index is -4.01. The Labute approximate surface area is 138 Å². The summed E-state index contributed by atoms with van der Waals surface area (Å²) in [4.78, 5) is 0. The molecule has 6 heteroatoms. The van der Waals surface area contributed by atoms with Crippen molar-refractivity contribution in [3.05, 3.63) is 76.5 Å². The Kier molecular flexibility index (Phi) is 2.98. The first-order valence-corrected chi connectivity index (χ1v) is 7.85. The van der Waals surface area contributed by atoms with Crippen LogP contribution in [0.15, 0.2) is 48.2 Å². The van der Waals surface area contributed by atoms with E-state index >= 15 is 8.63 Å². The molecule has 2 aliphatic rings. The SMILES string of the molecule is CC1=C2C=CC(c3ccc(F)cc3)=[N+]2[B-](F)(F)n2c(C)cc(C)c21. The topological polar surface area (TPSA) is 7.94 Å². The zero-order valence-electron chi connectivity index (χ0n) is 13.6. The molecule has 0 atom stereocenters. The van der Waals surface area contributed by atoms with Crippen LogP contribution in [0.1, 0.15) is 29.4 Å². The largest absolute Gasteiger partial charge is 0.737 e. The van der Waals surface area contributed by atoms with Crippen molar-refractivity contribution in [1.29, 1.82) is 0 Å². The van der Waals surface area contributed by atoms with Crippen LogP contribution in [0.2, 0.25) is 0 Å². The monoisotopic (exact) mass is 328 g/mol. The fourth-order valence-electron chi connectivity index (χ4n) is 3.88.